The fraction of sp³-hybridized carbons (Fsp3) is 0.0952. The molecule has 27 heavy (non-hydrogen) atoms. The van der Waals surface area contributed by atoms with Gasteiger partial charge in [0.15, 0.2) is 0 Å². The summed E-state index contributed by atoms with van der Waals surface area (Å²) in [5.74, 6) is -0.674. The molecule has 0 bridgehead atoms. The van der Waals surface area contributed by atoms with E-state index in [1.54, 1.807) is 12.1 Å². The van der Waals surface area contributed by atoms with Crippen LogP contribution in [0.4, 0.5) is 0 Å². The number of nitrogens with one attached hydrogen (secondary N) is 1. The third kappa shape index (κ3) is 3.06. The third-order valence-electron chi connectivity index (χ3n) is 4.49. The Morgan fingerprint density at radius 2 is 1.89 bits per heavy atom. The summed E-state index contributed by atoms with van der Waals surface area (Å²) in [6.45, 7) is 0.312. The minimum Gasteiger partial charge on any atom is -0.465 e. The molecule has 0 amide bonds. The standard InChI is InChI=1S/C21H15ClN2O3/c1-27-21(26)17-9-13-11-23-18(12-5-3-2-4-6-12)16-10-14(22)7-8-15(16)19(13)24-20(17)25/h2-10H,11H2,1H3,(H,24,25). The van der Waals surface area contributed by atoms with Crippen molar-refractivity contribution < 1.29 is 9.53 Å². The van der Waals surface area contributed by atoms with Crippen molar-refractivity contribution in [1.82, 2.24) is 4.98 Å². The predicted octanol–water partition coefficient (Wildman–Crippen LogP) is 3.83. The van der Waals surface area contributed by atoms with Crippen LogP contribution < -0.4 is 5.56 Å². The van der Waals surface area contributed by atoms with Crippen LogP contribution in [0.2, 0.25) is 5.02 Å². The Bertz CT molecular complexity index is 1130. The first-order chi connectivity index (χ1) is 13.1. The lowest BCUT2D eigenvalue weighted by Gasteiger charge is -2.12. The summed E-state index contributed by atoms with van der Waals surface area (Å²) in [5.41, 5.74) is 4.21. The van der Waals surface area contributed by atoms with Gasteiger partial charge in [0.05, 0.1) is 25.1 Å². The van der Waals surface area contributed by atoms with Crippen LogP contribution in [0.1, 0.15) is 27.0 Å². The maximum Gasteiger partial charge on any atom is 0.343 e. The van der Waals surface area contributed by atoms with Crippen molar-refractivity contribution >= 4 is 23.3 Å². The molecule has 2 aromatic carbocycles. The number of methoxy groups -OCH3 is 1. The second kappa shape index (κ2) is 6.85. The number of aromatic amines is 1. The minimum absolute atomic E-state index is 0.0369. The smallest absolute Gasteiger partial charge is 0.343 e. The Labute approximate surface area is 160 Å². The maximum absolute atomic E-state index is 12.4. The van der Waals surface area contributed by atoms with Gasteiger partial charge in [-0.1, -0.05) is 48.0 Å². The Kier molecular flexibility index (Phi) is 4.38. The van der Waals surface area contributed by atoms with Gasteiger partial charge < -0.3 is 9.72 Å². The van der Waals surface area contributed by atoms with Gasteiger partial charge in [0.1, 0.15) is 5.56 Å². The fourth-order valence-corrected chi connectivity index (χ4v) is 3.39. The number of nitrogens with zero attached hydrogens (tertiary/aromatic N) is 1. The molecule has 5 nitrogen and oxygen atoms in total. The minimum atomic E-state index is -0.674. The molecular formula is C21H15ClN2O3. The van der Waals surface area contributed by atoms with Crippen molar-refractivity contribution in [2.45, 2.75) is 6.54 Å². The lowest BCUT2D eigenvalue weighted by atomic mass is 9.95. The molecule has 2 heterocycles. The largest absolute Gasteiger partial charge is 0.465 e. The summed E-state index contributed by atoms with van der Waals surface area (Å²) in [6, 6.07) is 16.8. The van der Waals surface area contributed by atoms with E-state index in [1.807, 2.05) is 42.5 Å². The van der Waals surface area contributed by atoms with Crippen molar-refractivity contribution in [3.8, 4) is 11.3 Å². The van der Waals surface area contributed by atoms with Gasteiger partial charge in [0.25, 0.3) is 5.56 Å². The molecule has 0 fully saturated rings. The van der Waals surface area contributed by atoms with Gasteiger partial charge in [-0.15, -0.1) is 0 Å². The molecule has 0 spiro atoms. The molecule has 0 aliphatic carbocycles. The number of carbonyl (C=O) groups is 1. The number of carbonyl (C=O) groups excluding carboxylic acids is 1. The first-order valence-electron chi connectivity index (χ1n) is 8.33. The van der Waals surface area contributed by atoms with Gasteiger partial charge in [-0.2, -0.15) is 0 Å². The van der Waals surface area contributed by atoms with Crippen molar-refractivity contribution in [1.29, 1.82) is 0 Å². The number of halogens is 1. The number of aromatic nitrogens is 1. The number of benzene rings is 2. The first-order valence-corrected chi connectivity index (χ1v) is 8.71. The van der Waals surface area contributed by atoms with Crippen molar-refractivity contribution in [2.75, 3.05) is 7.11 Å². The number of aliphatic imine (C=N–C) groups is 1. The quantitative estimate of drug-likeness (QED) is 0.689. The number of H-pyrrole nitrogens is 1. The Balaban J connectivity index is 1.98. The van der Waals surface area contributed by atoms with E-state index in [2.05, 4.69) is 4.98 Å². The molecule has 134 valence electrons. The summed E-state index contributed by atoms with van der Waals surface area (Å²) >= 11 is 6.24. The van der Waals surface area contributed by atoms with Crippen LogP contribution in [0.3, 0.4) is 0 Å². The normalized spacial score (nSPS) is 12.4. The van der Waals surface area contributed by atoms with Crippen LogP contribution in [0, 0.1) is 0 Å². The van der Waals surface area contributed by atoms with E-state index < -0.39 is 11.5 Å². The topological polar surface area (TPSA) is 71.5 Å². The van der Waals surface area contributed by atoms with E-state index >= 15 is 0 Å². The SMILES string of the molecule is COC(=O)c1cc2c([nH]c1=O)-c1ccc(Cl)cc1C(c1ccccc1)=NC2. The van der Waals surface area contributed by atoms with Gasteiger partial charge in [-0.25, -0.2) is 4.79 Å². The summed E-state index contributed by atoms with van der Waals surface area (Å²) in [5, 5.41) is 0.578. The Morgan fingerprint density at radius 1 is 1.11 bits per heavy atom. The van der Waals surface area contributed by atoms with E-state index in [4.69, 9.17) is 21.3 Å². The number of pyridine rings is 1. The molecule has 1 aromatic heterocycles. The lowest BCUT2D eigenvalue weighted by Crippen LogP contribution is -2.20. The van der Waals surface area contributed by atoms with Crippen molar-refractivity contribution in [2.24, 2.45) is 4.99 Å². The van der Waals surface area contributed by atoms with Gasteiger partial charge in [-0.05, 0) is 23.8 Å². The number of hydrogen-bond donors (Lipinski definition) is 1. The zero-order valence-electron chi connectivity index (χ0n) is 14.5. The lowest BCUT2D eigenvalue weighted by molar-refractivity contribution is 0.0598. The highest BCUT2D eigenvalue weighted by Crippen LogP contribution is 2.32. The zero-order valence-corrected chi connectivity index (χ0v) is 15.2. The fourth-order valence-electron chi connectivity index (χ4n) is 3.22. The summed E-state index contributed by atoms with van der Waals surface area (Å²) in [4.78, 5) is 31.9. The molecule has 6 heteroatoms. The van der Waals surface area contributed by atoms with Crippen LogP contribution in [-0.4, -0.2) is 23.8 Å². The number of rotatable bonds is 2. The van der Waals surface area contributed by atoms with Crippen LogP contribution >= 0.6 is 11.6 Å². The number of fused-ring (bicyclic) bond motifs is 3. The van der Waals surface area contributed by atoms with E-state index in [-0.39, 0.29) is 5.56 Å². The van der Waals surface area contributed by atoms with E-state index in [9.17, 15) is 9.59 Å². The second-order valence-electron chi connectivity index (χ2n) is 6.12. The predicted molar refractivity (Wildman–Crippen MR) is 105 cm³/mol. The molecule has 0 atom stereocenters. The van der Waals surface area contributed by atoms with Crippen LogP contribution in [0.5, 0.6) is 0 Å². The molecule has 0 saturated carbocycles. The van der Waals surface area contributed by atoms with Gasteiger partial charge >= 0.3 is 5.97 Å². The molecule has 0 radical (unpaired) electrons. The molecule has 1 N–H and O–H groups in total. The van der Waals surface area contributed by atoms with Crippen LogP contribution in [-0.2, 0) is 11.3 Å². The third-order valence-corrected chi connectivity index (χ3v) is 4.72. The summed E-state index contributed by atoms with van der Waals surface area (Å²) < 4.78 is 4.70. The van der Waals surface area contributed by atoms with E-state index in [1.165, 1.54) is 7.11 Å². The molecule has 3 aromatic rings. The average Bonchev–Trinajstić information content (AvgIpc) is 2.83. The Morgan fingerprint density at radius 3 is 2.63 bits per heavy atom. The molecular weight excluding hydrogens is 364 g/mol. The maximum atomic E-state index is 12.4. The summed E-state index contributed by atoms with van der Waals surface area (Å²) in [6.07, 6.45) is 0. The van der Waals surface area contributed by atoms with E-state index in [0.717, 1.165) is 28.0 Å². The average molecular weight is 379 g/mol. The highest BCUT2D eigenvalue weighted by Gasteiger charge is 2.22. The molecule has 1 aliphatic heterocycles. The number of hydrogen-bond acceptors (Lipinski definition) is 4. The van der Waals surface area contributed by atoms with Crippen LogP contribution in [0.25, 0.3) is 11.3 Å². The molecule has 0 saturated heterocycles. The second-order valence-corrected chi connectivity index (χ2v) is 6.56. The Hall–Kier alpha value is -3.18. The molecule has 4 rings (SSSR count). The van der Waals surface area contributed by atoms with Gasteiger partial charge in [0.2, 0.25) is 0 Å². The van der Waals surface area contributed by atoms with E-state index in [0.29, 0.717) is 17.3 Å². The monoisotopic (exact) mass is 378 g/mol. The zero-order chi connectivity index (χ0) is 19.0. The first kappa shape index (κ1) is 17.2. The molecule has 1 aliphatic rings. The van der Waals surface area contributed by atoms with Crippen molar-refractivity contribution in [3.05, 3.63) is 92.2 Å². The van der Waals surface area contributed by atoms with Gasteiger partial charge in [-0.3, -0.25) is 9.79 Å². The highest BCUT2D eigenvalue weighted by atomic mass is 35.5. The van der Waals surface area contributed by atoms with Gasteiger partial charge in [0, 0.05) is 21.7 Å². The summed E-state index contributed by atoms with van der Waals surface area (Å²) in [7, 11) is 1.25. The number of ether oxygens (including phenoxy) is 1. The molecule has 0 unspecified atom stereocenters. The van der Waals surface area contributed by atoms with Crippen molar-refractivity contribution in [3.63, 3.8) is 0 Å². The highest BCUT2D eigenvalue weighted by molar-refractivity contribution is 6.31. The van der Waals surface area contributed by atoms with Crippen LogP contribution in [0.15, 0.2) is 64.4 Å². The number of esters is 1.